The summed E-state index contributed by atoms with van der Waals surface area (Å²) in [5.74, 6) is 0.392. The third kappa shape index (κ3) is 4.51. The number of benzene rings is 2. The Morgan fingerprint density at radius 2 is 1.82 bits per heavy atom. The predicted molar refractivity (Wildman–Crippen MR) is 145 cm³/mol. The fourth-order valence-corrected chi connectivity index (χ4v) is 5.85. The predicted octanol–water partition coefficient (Wildman–Crippen LogP) is 4.66. The van der Waals surface area contributed by atoms with Crippen molar-refractivity contribution in [3.05, 3.63) is 70.5 Å². The highest BCUT2D eigenvalue weighted by Gasteiger charge is 2.56. The number of alkyl halides is 3. The zero-order valence-corrected chi connectivity index (χ0v) is 22.7. The van der Waals surface area contributed by atoms with Crippen LogP contribution in [0.2, 0.25) is 0 Å². The molecule has 1 N–H and O–H groups in total. The number of rotatable bonds is 6. The number of likely N-dealkylation sites (N-methyl/N-ethyl adjacent to an activating group) is 1. The van der Waals surface area contributed by atoms with Crippen LogP contribution >= 0.6 is 0 Å². The van der Waals surface area contributed by atoms with Crippen LogP contribution in [-0.2, 0) is 18.1 Å². The number of carbonyl (C=O) groups excluding carboxylic acids is 1. The fraction of sp³-hybridized carbons (Fsp3) is 0.414. The molecule has 2 aromatic carbocycles. The molecule has 1 amide bonds. The summed E-state index contributed by atoms with van der Waals surface area (Å²) in [4.78, 5) is 27.7. The highest BCUT2D eigenvalue weighted by molar-refractivity contribution is 6.02. The van der Waals surface area contributed by atoms with E-state index in [-0.39, 0.29) is 29.5 Å². The van der Waals surface area contributed by atoms with E-state index in [1.165, 1.54) is 0 Å². The Bertz CT molecular complexity index is 1460. The first-order valence-electron chi connectivity index (χ1n) is 13.3. The summed E-state index contributed by atoms with van der Waals surface area (Å²) < 4.78 is 47.6. The average molecular weight is 553 g/mol. The molecular weight excluding hydrogens is 521 g/mol. The largest absolute Gasteiger partial charge is 0.494 e. The van der Waals surface area contributed by atoms with Crippen LogP contribution in [0.5, 0.6) is 5.75 Å². The normalized spacial score (nSPS) is 18.3. The van der Waals surface area contributed by atoms with Crippen molar-refractivity contribution in [1.29, 1.82) is 0 Å². The first-order chi connectivity index (χ1) is 19.1. The number of amides is 1. The van der Waals surface area contributed by atoms with Crippen molar-refractivity contribution >= 4 is 23.2 Å². The van der Waals surface area contributed by atoms with Crippen LogP contribution in [-0.4, -0.2) is 73.1 Å². The highest BCUT2D eigenvalue weighted by Crippen LogP contribution is 2.56. The highest BCUT2D eigenvalue weighted by atomic mass is 19.4. The summed E-state index contributed by atoms with van der Waals surface area (Å²) in [5, 5.41) is 3.04. The van der Waals surface area contributed by atoms with E-state index >= 15 is 0 Å². The zero-order valence-electron chi connectivity index (χ0n) is 22.7. The zero-order chi connectivity index (χ0) is 28.2. The minimum absolute atomic E-state index is 0.0170. The van der Waals surface area contributed by atoms with Crippen molar-refractivity contribution in [1.82, 2.24) is 19.8 Å². The molecule has 1 spiro atoms. The molecule has 6 rings (SSSR count). The molecule has 1 saturated carbocycles. The van der Waals surface area contributed by atoms with Crippen molar-refractivity contribution in [3.8, 4) is 5.75 Å². The molecule has 0 unspecified atom stereocenters. The molecule has 3 aliphatic rings. The minimum Gasteiger partial charge on any atom is -0.494 e. The second kappa shape index (κ2) is 9.65. The van der Waals surface area contributed by atoms with Gasteiger partial charge in [-0.1, -0.05) is 18.2 Å². The van der Waals surface area contributed by atoms with E-state index in [0.29, 0.717) is 22.6 Å². The van der Waals surface area contributed by atoms with E-state index in [2.05, 4.69) is 32.1 Å². The van der Waals surface area contributed by atoms with E-state index in [9.17, 15) is 18.0 Å². The van der Waals surface area contributed by atoms with Gasteiger partial charge >= 0.3 is 6.18 Å². The molecule has 1 aromatic heterocycles. The molecular formula is C29H31F3N6O2. The fourth-order valence-electron chi connectivity index (χ4n) is 5.85. The van der Waals surface area contributed by atoms with Gasteiger partial charge in [0, 0.05) is 63.2 Å². The Morgan fingerprint density at radius 3 is 2.50 bits per heavy atom. The second-order valence-corrected chi connectivity index (χ2v) is 10.8. The van der Waals surface area contributed by atoms with Gasteiger partial charge in [-0.15, -0.1) is 0 Å². The first-order valence-corrected chi connectivity index (χ1v) is 13.3. The van der Waals surface area contributed by atoms with Gasteiger partial charge in [-0.05, 0) is 43.1 Å². The molecule has 3 aromatic rings. The first kappa shape index (κ1) is 26.4. The quantitative estimate of drug-likeness (QED) is 0.477. The van der Waals surface area contributed by atoms with Crippen LogP contribution in [0, 0.1) is 0 Å². The number of carbonyl (C=O) groups is 1. The summed E-state index contributed by atoms with van der Waals surface area (Å²) >= 11 is 0. The lowest BCUT2D eigenvalue weighted by Gasteiger charge is -2.34. The molecule has 0 radical (unpaired) electrons. The maximum atomic E-state index is 14.0. The Labute approximate surface area is 230 Å². The number of nitrogens with one attached hydrogen (secondary N) is 1. The molecule has 0 bridgehead atoms. The number of aromatic nitrogens is 2. The number of halogens is 3. The number of hydrogen-bond acceptors (Lipinski definition) is 7. The van der Waals surface area contributed by atoms with E-state index in [0.717, 1.165) is 56.5 Å². The van der Waals surface area contributed by atoms with Gasteiger partial charge in [0.25, 0.3) is 5.91 Å². The molecule has 3 heterocycles. The number of fused-ring (bicyclic) bond motifs is 2. The van der Waals surface area contributed by atoms with Crippen LogP contribution < -0.4 is 15.0 Å². The van der Waals surface area contributed by atoms with E-state index in [1.807, 2.05) is 24.3 Å². The summed E-state index contributed by atoms with van der Waals surface area (Å²) in [6.07, 6.45) is -2.28. The van der Waals surface area contributed by atoms with Gasteiger partial charge in [-0.3, -0.25) is 4.79 Å². The number of ether oxygens (including phenoxy) is 1. The summed E-state index contributed by atoms with van der Waals surface area (Å²) in [6, 6.07) is 11.1. The maximum Gasteiger partial charge on any atom is 0.419 e. The maximum absolute atomic E-state index is 14.0. The second-order valence-electron chi connectivity index (χ2n) is 10.8. The van der Waals surface area contributed by atoms with Gasteiger partial charge in [0.05, 0.1) is 29.6 Å². The van der Waals surface area contributed by atoms with Crippen LogP contribution in [0.25, 0.3) is 0 Å². The molecule has 8 nitrogen and oxygen atoms in total. The molecule has 2 fully saturated rings. The van der Waals surface area contributed by atoms with E-state index in [1.54, 1.807) is 31.2 Å². The third-order valence-corrected chi connectivity index (χ3v) is 8.37. The summed E-state index contributed by atoms with van der Waals surface area (Å²) in [6.45, 7) is 3.69. The SMILES string of the molecule is COc1cc(N2CCN(C)CC2)ccc1Nc1ncc(C(F)(F)F)c(Cc2cccc3c2C(=O)N(C)C32CC2)n1. The topological polar surface area (TPSA) is 73.8 Å². The number of nitrogens with zero attached hydrogens (tertiary/aromatic N) is 5. The molecule has 2 aliphatic heterocycles. The van der Waals surface area contributed by atoms with Crippen LogP contribution in [0.4, 0.5) is 30.5 Å². The third-order valence-electron chi connectivity index (χ3n) is 8.37. The Hall–Kier alpha value is -3.86. The van der Waals surface area contributed by atoms with Gasteiger partial charge in [0.1, 0.15) is 5.75 Å². The number of piperazine rings is 1. The average Bonchev–Trinajstić information content (AvgIpc) is 3.71. The van der Waals surface area contributed by atoms with Crippen LogP contribution in [0.3, 0.4) is 0 Å². The smallest absolute Gasteiger partial charge is 0.419 e. The molecule has 1 saturated heterocycles. The van der Waals surface area contributed by atoms with Crippen LogP contribution in [0.1, 0.15) is 45.6 Å². The van der Waals surface area contributed by atoms with Gasteiger partial charge in [-0.2, -0.15) is 13.2 Å². The monoisotopic (exact) mass is 552 g/mol. The van der Waals surface area contributed by atoms with E-state index in [4.69, 9.17) is 4.74 Å². The summed E-state index contributed by atoms with van der Waals surface area (Å²) in [7, 11) is 5.40. The lowest BCUT2D eigenvalue weighted by molar-refractivity contribution is -0.138. The minimum atomic E-state index is -4.65. The molecule has 11 heteroatoms. The van der Waals surface area contributed by atoms with Crippen molar-refractivity contribution in [2.45, 2.75) is 31.0 Å². The number of methoxy groups -OCH3 is 1. The molecule has 40 heavy (non-hydrogen) atoms. The van der Waals surface area contributed by atoms with Crippen molar-refractivity contribution in [3.63, 3.8) is 0 Å². The molecule has 1 aliphatic carbocycles. The van der Waals surface area contributed by atoms with E-state index < -0.39 is 11.7 Å². The van der Waals surface area contributed by atoms with Gasteiger partial charge < -0.3 is 24.8 Å². The van der Waals surface area contributed by atoms with Crippen molar-refractivity contribution < 1.29 is 22.7 Å². The summed E-state index contributed by atoms with van der Waals surface area (Å²) in [5.41, 5.74) is 2.02. The van der Waals surface area contributed by atoms with Gasteiger partial charge in [0.2, 0.25) is 5.95 Å². The van der Waals surface area contributed by atoms with Crippen molar-refractivity contribution in [2.24, 2.45) is 0 Å². The lowest BCUT2D eigenvalue weighted by Crippen LogP contribution is -2.44. The Morgan fingerprint density at radius 1 is 1.07 bits per heavy atom. The van der Waals surface area contributed by atoms with Crippen LogP contribution in [0.15, 0.2) is 42.6 Å². The Balaban J connectivity index is 1.31. The number of hydrogen-bond donors (Lipinski definition) is 1. The lowest BCUT2D eigenvalue weighted by atomic mass is 9.94. The number of anilines is 3. The van der Waals surface area contributed by atoms with Gasteiger partial charge in [-0.25, -0.2) is 9.97 Å². The Kier molecular flexibility index (Phi) is 6.36. The van der Waals surface area contributed by atoms with Crippen molar-refractivity contribution in [2.75, 3.05) is 57.6 Å². The van der Waals surface area contributed by atoms with Gasteiger partial charge in [0.15, 0.2) is 0 Å². The molecule has 210 valence electrons. The molecule has 0 atom stereocenters. The standard InChI is InChI=1S/C29H31F3N6O2/c1-36-11-13-38(14-12-36)19-7-8-22(24(16-19)40-3)34-27-33-17-21(29(30,31)32)23(35-27)15-18-5-4-6-20-25(18)26(39)37(2)28(20)9-10-28/h4-8,16-17H,9-15H2,1-3H3,(H,33,34,35).